The van der Waals surface area contributed by atoms with Gasteiger partial charge in [0.2, 0.25) is 0 Å². The van der Waals surface area contributed by atoms with E-state index in [1.165, 1.54) is 12.8 Å². The highest BCUT2D eigenvalue weighted by atomic mass is 16.5. The fourth-order valence-corrected chi connectivity index (χ4v) is 2.44. The summed E-state index contributed by atoms with van der Waals surface area (Å²) in [6.07, 6.45) is 7.28. The quantitative estimate of drug-likeness (QED) is 0.694. The molecule has 1 atom stereocenters. The van der Waals surface area contributed by atoms with Gasteiger partial charge in [-0.25, -0.2) is 0 Å². The summed E-state index contributed by atoms with van der Waals surface area (Å²) >= 11 is 0. The molecule has 17 heavy (non-hydrogen) atoms. The Labute approximate surface area is 103 Å². The van der Waals surface area contributed by atoms with Crippen molar-refractivity contribution in [2.75, 3.05) is 6.61 Å². The van der Waals surface area contributed by atoms with E-state index >= 15 is 0 Å². The molecule has 1 fully saturated rings. The van der Waals surface area contributed by atoms with Crippen LogP contribution in [0.1, 0.15) is 46.0 Å². The molecule has 1 unspecified atom stereocenters. The largest absolute Gasteiger partial charge is 0.498 e. The van der Waals surface area contributed by atoms with E-state index in [2.05, 4.69) is 6.92 Å². The van der Waals surface area contributed by atoms with Gasteiger partial charge in [0.25, 0.3) is 0 Å². The van der Waals surface area contributed by atoms with Gasteiger partial charge in [0.15, 0.2) is 0 Å². The minimum Gasteiger partial charge on any atom is -0.498 e. The molecule has 1 heterocycles. The molecule has 0 saturated heterocycles. The lowest BCUT2D eigenvalue weighted by molar-refractivity contribution is -0.158. The summed E-state index contributed by atoms with van der Waals surface area (Å²) < 4.78 is 10.9. The second-order valence-corrected chi connectivity index (χ2v) is 5.38. The predicted octanol–water partition coefficient (Wildman–Crippen LogP) is 3.05. The Morgan fingerprint density at radius 3 is 2.65 bits per heavy atom. The van der Waals surface area contributed by atoms with E-state index in [-0.39, 0.29) is 18.0 Å². The minimum absolute atomic E-state index is 0.0756. The second kappa shape index (κ2) is 5.56. The van der Waals surface area contributed by atoms with E-state index in [9.17, 15) is 4.79 Å². The molecule has 3 nitrogen and oxygen atoms in total. The van der Waals surface area contributed by atoms with Crippen molar-refractivity contribution < 1.29 is 14.3 Å². The molecule has 1 saturated carbocycles. The van der Waals surface area contributed by atoms with Crippen molar-refractivity contribution in [2.45, 2.75) is 52.1 Å². The van der Waals surface area contributed by atoms with E-state index in [0.29, 0.717) is 6.61 Å². The molecule has 0 spiro atoms. The van der Waals surface area contributed by atoms with Crippen LogP contribution >= 0.6 is 0 Å². The summed E-state index contributed by atoms with van der Waals surface area (Å²) in [6.45, 7) is 4.66. The monoisotopic (exact) mass is 238 g/mol. The molecule has 1 aliphatic carbocycles. The van der Waals surface area contributed by atoms with Gasteiger partial charge in [-0.15, -0.1) is 0 Å². The lowest BCUT2D eigenvalue weighted by atomic mass is 9.89. The third kappa shape index (κ3) is 3.48. The zero-order chi connectivity index (χ0) is 12.3. The topological polar surface area (TPSA) is 35.5 Å². The van der Waals surface area contributed by atoms with Crippen LogP contribution < -0.4 is 0 Å². The van der Waals surface area contributed by atoms with Gasteiger partial charge in [-0.05, 0) is 51.0 Å². The lowest BCUT2D eigenvalue weighted by Crippen LogP contribution is -2.30. The summed E-state index contributed by atoms with van der Waals surface area (Å²) in [4.78, 5) is 11.9. The van der Waals surface area contributed by atoms with Gasteiger partial charge in [0.1, 0.15) is 12.7 Å². The Morgan fingerprint density at radius 1 is 1.35 bits per heavy atom. The molecule has 0 amide bonds. The van der Waals surface area contributed by atoms with Gasteiger partial charge in [-0.1, -0.05) is 6.92 Å². The van der Waals surface area contributed by atoms with Crippen LogP contribution in [0.5, 0.6) is 0 Å². The molecule has 96 valence electrons. The highest BCUT2D eigenvalue weighted by Crippen LogP contribution is 2.27. The summed E-state index contributed by atoms with van der Waals surface area (Å²) in [5.74, 6) is 1.53. The van der Waals surface area contributed by atoms with E-state index in [1.807, 2.05) is 13.0 Å². The van der Waals surface area contributed by atoms with Gasteiger partial charge < -0.3 is 9.47 Å². The summed E-state index contributed by atoms with van der Waals surface area (Å²) in [5, 5.41) is 0. The van der Waals surface area contributed by atoms with Gasteiger partial charge >= 0.3 is 5.97 Å². The number of carbonyl (C=O) groups is 1. The molecule has 0 aromatic heterocycles. The minimum atomic E-state index is -0.0990. The van der Waals surface area contributed by atoms with Crippen molar-refractivity contribution >= 4 is 5.97 Å². The van der Waals surface area contributed by atoms with Crippen molar-refractivity contribution in [3.05, 3.63) is 11.8 Å². The number of hydrogen-bond acceptors (Lipinski definition) is 3. The Balaban J connectivity index is 1.77. The molecule has 2 rings (SSSR count). The number of allylic oxidation sites excluding steroid dienone is 2. The van der Waals surface area contributed by atoms with Crippen LogP contribution in [0.25, 0.3) is 0 Å². The first-order chi connectivity index (χ1) is 8.15. The normalized spacial score (nSPS) is 33.5. The lowest BCUT2D eigenvalue weighted by Gasteiger charge is -2.28. The Morgan fingerprint density at radius 2 is 2.06 bits per heavy atom. The van der Waals surface area contributed by atoms with Crippen LogP contribution in [0, 0.1) is 11.8 Å². The highest BCUT2D eigenvalue weighted by molar-refractivity contribution is 5.73. The molecule has 1 aliphatic heterocycles. The number of carbonyl (C=O) groups excluding carboxylic acids is 1. The van der Waals surface area contributed by atoms with Gasteiger partial charge in [-0.3, -0.25) is 4.79 Å². The fraction of sp³-hybridized carbons (Fsp3) is 0.786. The Bertz CT molecular complexity index is 301. The fourth-order valence-electron chi connectivity index (χ4n) is 2.44. The van der Waals surface area contributed by atoms with Crippen molar-refractivity contribution in [2.24, 2.45) is 11.8 Å². The number of hydrogen-bond donors (Lipinski definition) is 0. The zero-order valence-corrected chi connectivity index (χ0v) is 10.8. The Kier molecular flexibility index (Phi) is 4.08. The van der Waals surface area contributed by atoms with E-state index in [4.69, 9.17) is 9.47 Å². The highest BCUT2D eigenvalue weighted by Gasteiger charge is 2.27. The van der Waals surface area contributed by atoms with Gasteiger partial charge in [0.05, 0.1) is 11.7 Å². The molecule has 0 aromatic carbocycles. The van der Waals surface area contributed by atoms with Crippen LogP contribution in [0.2, 0.25) is 0 Å². The number of rotatable bonds is 2. The first kappa shape index (κ1) is 12.5. The van der Waals surface area contributed by atoms with Crippen LogP contribution in [0.4, 0.5) is 0 Å². The molecule has 2 aliphatic rings. The van der Waals surface area contributed by atoms with Crippen LogP contribution in [-0.4, -0.2) is 18.7 Å². The first-order valence-electron chi connectivity index (χ1n) is 6.65. The van der Waals surface area contributed by atoms with Gasteiger partial charge in [0, 0.05) is 0 Å². The van der Waals surface area contributed by atoms with Crippen molar-refractivity contribution in [1.29, 1.82) is 0 Å². The molecule has 0 aromatic rings. The van der Waals surface area contributed by atoms with E-state index in [0.717, 1.165) is 30.9 Å². The summed E-state index contributed by atoms with van der Waals surface area (Å²) in [5.41, 5.74) is 0. The first-order valence-corrected chi connectivity index (χ1v) is 6.65. The third-order valence-corrected chi connectivity index (χ3v) is 3.78. The van der Waals surface area contributed by atoms with Gasteiger partial charge in [-0.2, -0.15) is 0 Å². The molecule has 0 N–H and O–H groups in total. The van der Waals surface area contributed by atoms with Crippen LogP contribution in [-0.2, 0) is 14.3 Å². The standard InChI is InChI=1S/C14H22O3/c1-10-3-7-13(8-4-10)17-14(15)12-6-5-11(2)16-9-12/h5,10,12-13H,3-4,6-9H2,1-2H3. The number of esters is 1. The smallest absolute Gasteiger partial charge is 0.312 e. The number of ether oxygens (including phenoxy) is 2. The predicted molar refractivity (Wildman–Crippen MR) is 65.3 cm³/mol. The van der Waals surface area contributed by atoms with E-state index in [1.54, 1.807) is 0 Å². The van der Waals surface area contributed by atoms with Crippen molar-refractivity contribution in [1.82, 2.24) is 0 Å². The molecular formula is C14H22O3. The molecule has 0 bridgehead atoms. The average molecular weight is 238 g/mol. The maximum Gasteiger partial charge on any atom is 0.312 e. The maximum absolute atomic E-state index is 11.9. The van der Waals surface area contributed by atoms with Crippen molar-refractivity contribution in [3.63, 3.8) is 0 Å². The van der Waals surface area contributed by atoms with Crippen molar-refractivity contribution in [3.8, 4) is 0 Å². The summed E-state index contributed by atoms with van der Waals surface area (Å²) in [6, 6.07) is 0. The average Bonchev–Trinajstić information content (AvgIpc) is 2.33. The second-order valence-electron chi connectivity index (χ2n) is 5.38. The maximum atomic E-state index is 11.9. The summed E-state index contributed by atoms with van der Waals surface area (Å²) in [7, 11) is 0. The molecular weight excluding hydrogens is 216 g/mol. The van der Waals surface area contributed by atoms with E-state index < -0.39 is 0 Å². The Hall–Kier alpha value is -0.990. The zero-order valence-electron chi connectivity index (χ0n) is 10.8. The SMILES string of the molecule is CC1=CCC(C(=O)OC2CCC(C)CC2)CO1. The third-order valence-electron chi connectivity index (χ3n) is 3.78. The van der Waals surface area contributed by atoms with Crippen LogP contribution in [0.15, 0.2) is 11.8 Å². The molecule has 0 radical (unpaired) electrons. The van der Waals surface area contributed by atoms with Crippen LogP contribution in [0.3, 0.4) is 0 Å². The molecule has 3 heteroatoms.